The molecule has 2 aromatic heterocycles. The summed E-state index contributed by atoms with van der Waals surface area (Å²) in [4.78, 5) is 5.51. The second kappa shape index (κ2) is 2.87. The fraction of sp³-hybridized carbons (Fsp3) is 0.286. The maximum atomic E-state index is 4.42. The first-order chi connectivity index (χ1) is 5.40. The Bertz CT molecular complexity index is 321. The molecule has 58 valence electrons. The molecule has 0 fully saturated rings. The summed E-state index contributed by atoms with van der Waals surface area (Å²) in [7, 11) is 0. The highest BCUT2D eigenvalue weighted by atomic mass is 32.2. The molecule has 0 aliphatic heterocycles. The Morgan fingerprint density at radius 1 is 1.73 bits per heavy atom. The van der Waals surface area contributed by atoms with Crippen molar-refractivity contribution >= 4 is 28.1 Å². The predicted molar refractivity (Wildman–Crippen MR) is 50.3 cm³/mol. The summed E-state index contributed by atoms with van der Waals surface area (Å²) < 4.78 is 2.07. The van der Waals surface area contributed by atoms with Gasteiger partial charge in [0.1, 0.15) is 0 Å². The molecule has 0 unspecified atom stereocenters. The Morgan fingerprint density at radius 3 is 3.36 bits per heavy atom. The first-order valence-electron chi connectivity index (χ1n) is 3.30. The van der Waals surface area contributed by atoms with E-state index < -0.39 is 0 Å². The molecule has 0 aliphatic rings. The lowest BCUT2D eigenvalue weighted by atomic mass is 10.6. The molecule has 0 amide bonds. The molecule has 0 radical (unpaired) electrons. The minimum Gasteiger partial charge on any atom is -0.297 e. The number of thioether (sulfide) groups is 1. The van der Waals surface area contributed by atoms with E-state index in [0.29, 0.717) is 0 Å². The van der Waals surface area contributed by atoms with Crippen molar-refractivity contribution in [2.75, 3.05) is 6.26 Å². The van der Waals surface area contributed by atoms with Gasteiger partial charge < -0.3 is 0 Å². The van der Waals surface area contributed by atoms with E-state index in [1.54, 1.807) is 23.1 Å². The zero-order chi connectivity index (χ0) is 7.68. The van der Waals surface area contributed by atoms with Crippen LogP contribution in [0.5, 0.6) is 0 Å². The van der Waals surface area contributed by atoms with Crippen molar-refractivity contribution in [1.29, 1.82) is 0 Å². The summed E-state index contributed by atoms with van der Waals surface area (Å²) >= 11 is 3.48. The van der Waals surface area contributed by atoms with Crippen molar-refractivity contribution in [3.8, 4) is 0 Å². The number of thiazole rings is 1. The average Bonchev–Trinajstić information content (AvgIpc) is 2.46. The van der Waals surface area contributed by atoms with Crippen LogP contribution in [0.2, 0.25) is 0 Å². The van der Waals surface area contributed by atoms with E-state index in [4.69, 9.17) is 0 Å². The summed E-state index contributed by atoms with van der Waals surface area (Å²) in [5.41, 5.74) is 1.17. The van der Waals surface area contributed by atoms with Crippen LogP contribution >= 0.6 is 23.1 Å². The Morgan fingerprint density at radius 2 is 2.64 bits per heavy atom. The monoisotopic (exact) mass is 184 g/mol. The van der Waals surface area contributed by atoms with E-state index in [1.807, 2.05) is 11.6 Å². The third-order valence-electron chi connectivity index (χ3n) is 1.44. The lowest BCUT2D eigenvalue weighted by Crippen LogP contribution is -1.76. The predicted octanol–water partition coefficient (Wildman–Crippen LogP) is 2.26. The van der Waals surface area contributed by atoms with E-state index in [1.165, 1.54) is 5.69 Å². The van der Waals surface area contributed by atoms with Gasteiger partial charge in [0.2, 0.25) is 0 Å². The van der Waals surface area contributed by atoms with Gasteiger partial charge in [0.05, 0.1) is 5.69 Å². The molecule has 0 saturated carbocycles. The van der Waals surface area contributed by atoms with Crippen molar-refractivity contribution in [2.45, 2.75) is 5.75 Å². The van der Waals surface area contributed by atoms with Crippen LogP contribution in [-0.2, 0) is 5.75 Å². The number of hydrogen-bond acceptors (Lipinski definition) is 3. The fourth-order valence-electron chi connectivity index (χ4n) is 0.994. The topological polar surface area (TPSA) is 17.3 Å². The van der Waals surface area contributed by atoms with Gasteiger partial charge in [-0.3, -0.25) is 4.40 Å². The van der Waals surface area contributed by atoms with Crippen molar-refractivity contribution in [2.24, 2.45) is 0 Å². The number of nitrogens with zero attached hydrogens (tertiary/aromatic N) is 2. The lowest BCUT2D eigenvalue weighted by Gasteiger charge is -1.85. The maximum absolute atomic E-state index is 4.42. The van der Waals surface area contributed by atoms with E-state index >= 15 is 0 Å². The van der Waals surface area contributed by atoms with Gasteiger partial charge in [0.15, 0.2) is 4.96 Å². The van der Waals surface area contributed by atoms with E-state index in [-0.39, 0.29) is 0 Å². The molecule has 2 aromatic rings. The van der Waals surface area contributed by atoms with Gasteiger partial charge in [-0.1, -0.05) is 0 Å². The van der Waals surface area contributed by atoms with E-state index in [0.717, 1.165) is 10.7 Å². The molecule has 0 N–H and O–H groups in total. The standard InChI is InChI=1S/C7H8N2S2/c1-10-5-6-4-9-2-3-11-7(9)8-6/h2-4H,5H2,1H3. The zero-order valence-corrected chi connectivity index (χ0v) is 7.78. The largest absolute Gasteiger partial charge is 0.297 e. The van der Waals surface area contributed by atoms with Gasteiger partial charge in [-0.25, -0.2) is 4.98 Å². The van der Waals surface area contributed by atoms with E-state index in [2.05, 4.69) is 21.8 Å². The highest BCUT2D eigenvalue weighted by molar-refractivity contribution is 7.97. The summed E-state index contributed by atoms with van der Waals surface area (Å²) in [6, 6.07) is 0. The lowest BCUT2D eigenvalue weighted by molar-refractivity contribution is 1.22. The third kappa shape index (κ3) is 1.28. The first kappa shape index (κ1) is 7.18. The van der Waals surface area contributed by atoms with E-state index in [9.17, 15) is 0 Å². The van der Waals surface area contributed by atoms with Crippen LogP contribution in [0.3, 0.4) is 0 Å². The molecule has 0 spiro atoms. The highest BCUT2D eigenvalue weighted by Gasteiger charge is 1.99. The molecule has 2 rings (SSSR count). The van der Waals surface area contributed by atoms with Gasteiger partial charge in [-0.15, -0.1) is 11.3 Å². The Labute approximate surface area is 73.3 Å². The summed E-state index contributed by atoms with van der Waals surface area (Å²) in [6.07, 6.45) is 6.21. The molecule has 4 heteroatoms. The zero-order valence-electron chi connectivity index (χ0n) is 6.15. The average molecular weight is 184 g/mol. The van der Waals surface area contributed by atoms with Crippen LogP contribution in [-0.4, -0.2) is 15.6 Å². The van der Waals surface area contributed by atoms with Gasteiger partial charge in [0.25, 0.3) is 0 Å². The van der Waals surface area contributed by atoms with Crippen LogP contribution in [0.15, 0.2) is 17.8 Å². The van der Waals surface area contributed by atoms with Gasteiger partial charge >= 0.3 is 0 Å². The van der Waals surface area contributed by atoms with Gasteiger partial charge in [-0.2, -0.15) is 11.8 Å². The van der Waals surface area contributed by atoms with Gasteiger partial charge in [0, 0.05) is 23.5 Å². The third-order valence-corrected chi connectivity index (χ3v) is 2.79. The Kier molecular flexibility index (Phi) is 1.87. The molecule has 0 saturated heterocycles. The maximum Gasteiger partial charge on any atom is 0.193 e. The Balaban J connectivity index is 2.42. The highest BCUT2D eigenvalue weighted by Crippen LogP contribution is 2.14. The smallest absolute Gasteiger partial charge is 0.193 e. The van der Waals surface area contributed by atoms with Crippen molar-refractivity contribution in [3.05, 3.63) is 23.5 Å². The molecular weight excluding hydrogens is 176 g/mol. The summed E-state index contributed by atoms with van der Waals surface area (Å²) in [6.45, 7) is 0. The number of hydrogen-bond donors (Lipinski definition) is 0. The van der Waals surface area contributed by atoms with Gasteiger partial charge in [-0.05, 0) is 6.26 Å². The second-order valence-corrected chi connectivity index (χ2v) is 4.00. The number of imidazole rings is 1. The number of fused-ring (bicyclic) bond motifs is 1. The van der Waals surface area contributed by atoms with Crippen LogP contribution in [0.4, 0.5) is 0 Å². The molecule has 2 heterocycles. The first-order valence-corrected chi connectivity index (χ1v) is 5.57. The van der Waals surface area contributed by atoms with Crippen molar-refractivity contribution in [1.82, 2.24) is 9.38 Å². The molecule has 2 nitrogen and oxygen atoms in total. The molecule has 0 atom stereocenters. The summed E-state index contributed by atoms with van der Waals surface area (Å²) in [5, 5.41) is 2.05. The van der Waals surface area contributed by atoms with Crippen molar-refractivity contribution < 1.29 is 0 Å². The van der Waals surface area contributed by atoms with Crippen molar-refractivity contribution in [3.63, 3.8) is 0 Å². The molecule has 11 heavy (non-hydrogen) atoms. The molecular formula is C7H8N2S2. The van der Waals surface area contributed by atoms with Crippen LogP contribution in [0, 0.1) is 0 Å². The minimum absolute atomic E-state index is 1.01. The summed E-state index contributed by atoms with van der Waals surface area (Å²) in [5.74, 6) is 1.01. The van der Waals surface area contributed by atoms with Crippen LogP contribution in [0.1, 0.15) is 5.69 Å². The van der Waals surface area contributed by atoms with Crippen LogP contribution in [0.25, 0.3) is 4.96 Å². The second-order valence-electron chi connectivity index (χ2n) is 2.26. The number of rotatable bonds is 2. The SMILES string of the molecule is CSCc1cn2ccsc2n1. The quantitative estimate of drug-likeness (QED) is 0.712. The molecule has 0 bridgehead atoms. The fourth-order valence-corrected chi connectivity index (χ4v) is 2.15. The van der Waals surface area contributed by atoms with Crippen LogP contribution < -0.4 is 0 Å². The number of aromatic nitrogens is 2. The minimum atomic E-state index is 1.01. The normalized spacial score (nSPS) is 11.0. The Hall–Kier alpha value is -0.480. The molecule has 0 aliphatic carbocycles. The molecule has 0 aromatic carbocycles.